The standard InChI is InChI=1S/C31H34F2N6O3/c1-4-38(5-2)14-15-39-26-12-7-6-10-24(26)28(25-11-8-9-13-34-25)36-29(31(39)42)37-30(41)20(3)35-27(40)18-21-16-22(32)19-23(33)17-21/h6-13,16-17,19-20,29H,4-5,14-15,18H2,1-3H3,(H,35,40)(H,37,41)/t20-,29?/m0/s1. The molecule has 4 rings (SSSR count). The number of benzene rings is 2. The lowest BCUT2D eigenvalue weighted by Crippen LogP contribution is -2.53. The Morgan fingerprint density at radius 1 is 1.02 bits per heavy atom. The first-order chi connectivity index (χ1) is 20.2. The van der Waals surface area contributed by atoms with Gasteiger partial charge in [-0.2, -0.15) is 0 Å². The zero-order valence-corrected chi connectivity index (χ0v) is 23.8. The normalized spacial score (nSPS) is 15.5. The molecule has 1 aromatic heterocycles. The van der Waals surface area contributed by atoms with Crippen LogP contribution in [0, 0.1) is 11.6 Å². The van der Waals surface area contributed by atoms with E-state index in [0.29, 0.717) is 41.8 Å². The minimum Gasteiger partial charge on any atom is -0.344 e. The third-order valence-electron chi connectivity index (χ3n) is 6.99. The molecule has 2 atom stereocenters. The Morgan fingerprint density at radius 3 is 2.38 bits per heavy atom. The summed E-state index contributed by atoms with van der Waals surface area (Å²) in [7, 11) is 0. The number of nitrogens with one attached hydrogen (secondary N) is 2. The Balaban J connectivity index is 1.59. The number of likely N-dealkylation sites (N-methyl/N-ethyl adjacent to an activating group) is 1. The lowest BCUT2D eigenvalue weighted by atomic mass is 10.0. The molecule has 0 aliphatic carbocycles. The van der Waals surface area contributed by atoms with E-state index in [1.165, 1.54) is 6.92 Å². The van der Waals surface area contributed by atoms with Crippen LogP contribution < -0.4 is 15.5 Å². The molecule has 0 bridgehead atoms. The Kier molecular flexibility index (Phi) is 10.1. The van der Waals surface area contributed by atoms with Crippen LogP contribution in [0.4, 0.5) is 14.5 Å². The molecule has 42 heavy (non-hydrogen) atoms. The van der Waals surface area contributed by atoms with Crippen molar-refractivity contribution in [3.05, 3.63) is 95.3 Å². The van der Waals surface area contributed by atoms with Gasteiger partial charge in [0.05, 0.1) is 23.5 Å². The third-order valence-corrected chi connectivity index (χ3v) is 6.99. The van der Waals surface area contributed by atoms with Crippen LogP contribution in [0.1, 0.15) is 37.6 Å². The zero-order chi connectivity index (χ0) is 30.2. The van der Waals surface area contributed by atoms with Crippen LogP contribution in [0.3, 0.4) is 0 Å². The van der Waals surface area contributed by atoms with Gasteiger partial charge < -0.3 is 20.4 Å². The number of para-hydroxylation sites is 1. The van der Waals surface area contributed by atoms with Crippen LogP contribution in [0.2, 0.25) is 0 Å². The molecule has 0 saturated heterocycles. The van der Waals surface area contributed by atoms with Crippen molar-refractivity contribution in [1.29, 1.82) is 0 Å². The van der Waals surface area contributed by atoms with Gasteiger partial charge in [-0.05, 0) is 55.9 Å². The van der Waals surface area contributed by atoms with Crippen LogP contribution in [-0.2, 0) is 20.8 Å². The van der Waals surface area contributed by atoms with Gasteiger partial charge in [0.1, 0.15) is 17.7 Å². The van der Waals surface area contributed by atoms with E-state index in [-0.39, 0.29) is 12.0 Å². The molecule has 0 saturated carbocycles. The number of hydrogen-bond acceptors (Lipinski definition) is 6. The van der Waals surface area contributed by atoms with Crippen molar-refractivity contribution in [3.8, 4) is 0 Å². The molecule has 3 aromatic rings. The number of aromatic nitrogens is 1. The van der Waals surface area contributed by atoms with E-state index in [1.807, 2.05) is 44.2 Å². The van der Waals surface area contributed by atoms with Crippen molar-refractivity contribution in [3.63, 3.8) is 0 Å². The number of benzodiazepines with no additional fused rings is 1. The zero-order valence-electron chi connectivity index (χ0n) is 23.8. The number of pyridine rings is 1. The Hall–Kier alpha value is -4.51. The number of halogens is 2. The summed E-state index contributed by atoms with van der Waals surface area (Å²) in [5.74, 6) is -3.29. The van der Waals surface area contributed by atoms with Gasteiger partial charge in [0.15, 0.2) is 0 Å². The van der Waals surface area contributed by atoms with E-state index in [1.54, 1.807) is 23.2 Å². The summed E-state index contributed by atoms with van der Waals surface area (Å²) in [6.07, 6.45) is 0.00165. The highest BCUT2D eigenvalue weighted by Gasteiger charge is 2.34. The highest BCUT2D eigenvalue weighted by atomic mass is 19.1. The first-order valence-corrected chi connectivity index (χ1v) is 13.9. The Morgan fingerprint density at radius 2 is 1.71 bits per heavy atom. The van der Waals surface area contributed by atoms with Crippen LogP contribution in [0.25, 0.3) is 0 Å². The molecule has 3 amide bonds. The van der Waals surface area contributed by atoms with Crippen molar-refractivity contribution in [2.24, 2.45) is 4.99 Å². The Bertz CT molecular complexity index is 1440. The van der Waals surface area contributed by atoms with Gasteiger partial charge in [0.2, 0.25) is 18.0 Å². The molecule has 0 radical (unpaired) electrons. The summed E-state index contributed by atoms with van der Waals surface area (Å²) in [5, 5.41) is 5.21. The van der Waals surface area contributed by atoms with E-state index in [2.05, 4.69) is 20.5 Å². The average Bonchev–Trinajstić information content (AvgIpc) is 3.08. The molecule has 11 heteroatoms. The fourth-order valence-electron chi connectivity index (χ4n) is 4.76. The van der Waals surface area contributed by atoms with Crippen LogP contribution in [0.15, 0.2) is 71.9 Å². The lowest BCUT2D eigenvalue weighted by Gasteiger charge is -2.28. The largest absolute Gasteiger partial charge is 0.344 e. The summed E-state index contributed by atoms with van der Waals surface area (Å²) in [5.41, 5.74) is 2.46. The number of nitrogens with zero attached hydrogens (tertiary/aromatic N) is 4. The van der Waals surface area contributed by atoms with E-state index < -0.39 is 41.6 Å². The van der Waals surface area contributed by atoms with Gasteiger partial charge in [-0.1, -0.05) is 38.1 Å². The molecule has 2 N–H and O–H groups in total. The van der Waals surface area contributed by atoms with Crippen molar-refractivity contribution in [2.45, 2.75) is 39.4 Å². The second kappa shape index (κ2) is 13.9. The fraction of sp³-hybridized carbons (Fsp3) is 0.323. The number of aliphatic imine (C=N–C) groups is 1. The molecule has 9 nitrogen and oxygen atoms in total. The summed E-state index contributed by atoms with van der Waals surface area (Å²) in [6, 6.07) is 14.5. The van der Waals surface area contributed by atoms with E-state index in [4.69, 9.17) is 4.99 Å². The second-order valence-corrected chi connectivity index (χ2v) is 9.88. The van der Waals surface area contributed by atoms with E-state index in [9.17, 15) is 23.2 Å². The van der Waals surface area contributed by atoms with Gasteiger partial charge in [-0.25, -0.2) is 13.8 Å². The summed E-state index contributed by atoms with van der Waals surface area (Å²) in [4.78, 5) is 52.7. The Labute approximate surface area is 243 Å². The summed E-state index contributed by atoms with van der Waals surface area (Å²) in [6.45, 7) is 8.16. The average molecular weight is 577 g/mol. The predicted molar refractivity (Wildman–Crippen MR) is 156 cm³/mol. The number of amides is 3. The maximum Gasteiger partial charge on any atom is 0.272 e. The first-order valence-electron chi connectivity index (χ1n) is 13.9. The number of carbonyl (C=O) groups is 3. The minimum atomic E-state index is -1.30. The van der Waals surface area contributed by atoms with Gasteiger partial charge in [-0.3, -0.25) is 19.4 Å². The SMILES string of the molecule is CCN(CC)CCN1C(=O)C(NC(=O)[C@H](C)NC(=O)Cc2cc(F)cc(F)c2)N=C(c2ccccn2)c2ccccc21. The molecule has 1 aliphatic heterocycles. The molecular weight excluding hydrogens is 542 g/mol. The van der Waals surface area contributed by atoms with E-state index >= 15 is 0 Å². The van der Waals surface area contributed by atoms with Crippen molar-refractivity contribution < 1.29 is 23.2 Å². The highest BCUT2D eigenvalue weighted by Crippen LogP contribution is 2.27. The highest BCUT2D eigenvalue weighted by molar-refractivity contribution is 6.19. The first kappa shape index (κ1) is 30.4. The monoisotopic (exact) mass is 576 g/mol. The van der Waals surface area contributed by atoms with Gasteiger partial charge in [0.25, 0.3) is 5.91 Å². The minimum absolute atomic E-state index is 0.128. The maximum absolute atomic E-state index is 14.0. The van der Waals surface area contributed by atoms with Gasteiger partial charge in [0, 0.05) is 30.9 Å². The van der Waals surface area contributed by atoms with Crippen LogP contribution in [0.5, 0.6) is 0 Å². The number of anilines is 1. The number of rotatable bonds is 11. The van der Waals surface area contributed by atoms with Crippen molar-refractivity contribution in [2.75, 3.05) is 31.1 Å². The number of fused-ring (bicyclic) bond motifs is 1. The number of carbonyl (C=O) groups excluding carboxylic acids is 3. The third kappa shape index (κ3) is 7.41. The summed E-state index contributed by atoms with van der Waals surface area (Å²) < 4.78 is 27.1. The van der Waals surface area contributed by atoms with E-state index in [0.717, 1.165) is 25.2 Å². The molecule has 0 spiro atoms. The predicted octanol–water partition coefficient (Wildman–Crippen LogP) is 3.08. The summed E-state index contributed by atoms with van der Waals surface area (Å²) >= 11 is 0. The maximum atomic E-state index is 14.0. The van der Waals surface area contributed by atoms with Gasteiger partial charge in [-0.15, -0.1) is 0 Å². The lowest BCUT2D eigenvalue weighted by molar-refractivity contribution is -0.130. The molecule has 1 unspecified atom stereocenters. The van der Waals surface area contributed by atoms with Crippen molar-refractivity contribution >= 4 is 29.1 Å². The van der Waals surface area contributed by atoms with Gasteiger partial charge >= 0.3 is 0 Å². The molecular formula is C31H34F2N6O3. The van der Waals surface area contributed by atoms with Crippen molar-refractivity contribution in [1.82, 2.24) is 20.5 Å². The smallest absolute Gasteiger partial charge is 0.272 e. The molecule has 220 valence electrons. The quantitative estimate of drug-likeness (QED) is 0.365. The molecule has 0 fully saturated rings. The molecule has 2 aromatic carbocycles. The topological polar surface area (TPSA) is 107 Å². The number of hydrogen-bond donors (Lipinski definition) is 2. The molecule has 1 aliphatic rings. The fourth-order valence-corrected chi connectivity index (χ4v) is 4.76. The van der Waals surface area contributed by atoms with Crippen LogP contribution >= 0.6 is 0 Å². The van der Waals surface area contributed by atoms with Crippen LogP contribution in [-0.4, -0.2) is 71.7 Å². The second-order valence-electron chi connectivity index (χ2n) is 9.88. The molecule has 2 heterocycles.